The van der Waals surface area contributed by atoms with Gasteiger partial charge in [0.25, 0.3) is 11.6 Å². The second-order valence-corrected chi connectivity index (χ2v) is 5.80. The number of carbonyl (C=O) groups is 1. The van der Waals surface area contributed by atoms with Crippen LogP contribution in [0.1, 0.15) is 16.1 Å². The number of nitro benzene ring substituents is 1. The van der Waals surface area contributed by atoms with Crippen LogP contribution >= 0.6 is 11.6 Å². The van der Waals surface area contributed by atoms with E-state index in [1.165, 1.54) is 18.2 Å². The molecular formula is C18H13ClN2O4. The van der Waals surface area contributed by atoms with Crippen molar-refractivity contribution < 1.29 is 14.1 Å². The first kappa shape index (κ1) is 16.7. The number of hydrogen-bond donors (Lipinski definition) is 1. The number of carbonyl (C=O) groups excluding carboxylic acids is 1. The molecule has 7 heteroatoms. The van der Waals surface area contributed by atoms with Gasteiger partial charge in [0, 0.05) is 28.4 Å². The molecule has 1 amide bonds. The van der Waals surface area contributed by atoms with Crippen molar-refractivity contribution in [3.63, 3.8) is 0 Å². The minimum absolute atomic E-state index is 0.0470. The van der Waals surface area contributed by atoms with Crippen molar-refractivity contribution in [3.05, 3.63) is 81.1 Å². The highest BCUT2D eigenvalue weighted by molar-refractivity contribution is 6.31. The molecule has 3 rings (SSSR count). The minimum Gasteiger partial charge on any atom is -0.451 e. The third-order valence-electron chi connectivity index (χ3n) is 3.60. The van der Waals surface area contributed by atoms with Crippen LogP contribution in [0.15, 0.2) is 59.0 Å². The Morgan fingerprint density at radius 2 is 1.96 bits per heavy atom. The predicted octanol–water partition coefficient (Wildman–Crippen LogP) is 5.07. The van der Waals surface area contributed by atoms with Crippen LogP contribution in [0, 0.1) is 17.0 Å². The van der Waals surface area contributed by atoms with Crippen LogP contribution < -0.4 is 5.32 Å². The van der Waals surface area contributed by atoms with E-state index in [9.17, 15) is 14.9 Å². The number of rotatable bonds is 4. The normalized spacial score (nSPS) is 10.5. The Morgan fingerprint density at radius 1 is 1.16 bits per heavy atom. The van der Waals surface area contributed by atoms with Crippen molar-refractivity contribution in [3.8, 4) is 11.3 Å². The summed E-state index contributed by atoms with van der Waals surface area (Å²) < 4.78 is 5.52. The molecule has 6 nitrogen and oxygen atoms in total. The third-order valence-corrected chi connectivity index (χ3v) is 4.01. The summed E-state index contributed by atoms with van der Waals surface area (Å²) in [6.07, 6.45) is 0. The summed E-state index contributed by atoms with van der Waals surface area (Å²) in [7, 11) is 0. The number of aryl methyl sites for hydroxylation is 1. The van der Waals surface area contributed by atoms with E-state index in [2.05, 4.69) is 5.32 Å². The lowest BCUT2D eigenvalue weighted by atomic mass is 10.1. The van der Waals surface area contributed by atoms with Gasteiger partial charge in [-0.3, -0.25) is 14.9 Å². The molecule has 0 spiro atoms. The van der Waals surface area contributed by atoms with Gasteiger partial charge in [-0.15, -0.1) is 0 Å². The van der Waals surface area contributed by atoms with Gasteiger partial charge in [0.1, 0.15) is 5.76 Å². The van der Waals surface area contributed by atoms with Crippen molar-refractivity contribution in [2.45, 2.75) is 6.92 Å². The van der Waals surface area contributed by atoms with Crippen molar-refractivity contribution >= 4 is 28.9 Å². The molecule has 25 heavy (non-hydrogen) atoms. The molecule has 126 valence electrons. The fraction of sp³-hybridized carbons (Fsp3) is 0.0556. The summed E-state index contributed by atoms with van der Waals surface area (Å²) in [4.78, 5) is 22.6. The SMILES string of the molecule is Cc1ccc(NC(=O)c2ccc(-c3cccc([N+](=O)[O-])c3)o2)cc1Cl. The smallest absolute Gasteiger partial charge is 0.291 e. The summed E-state index contributed by atoms with van der Waals surface area (Å²) in [5, 5.41) is 14.1. The Morgan fingerprint density at radius 3 is 2.68 bits per heavy atom. The fourth-order valence-electron chi connectivity index (χ4n) is 2.25. The molecule has 3 aromatic rings. The number of anilines is 1. The minimum atomic E-state index is -0.485. The maximum Gasteiger partial charge on any atom is 0.291 e. The van der Waals surface area contributed by atoms with Gasteiger partial charge in [-0.1, -0.05) is 29.8 Å². The van der Waals surface area contributed by atoms with Crippen molar-refractivity contribution in [1.82, 2.24) is 0 Å². The van der Waals surface area contributed by atoms with Gasteiger partial charge in [-0.05, 0) is 36.8 Å². The average molecular weight is 357 g/mol. The second kappa shape index (κ2) is 6.78. The Bertz CT molecular complexity index is 965. The van der Waals surface area contributed by atoms with Crippen molar-refractivity contribution in [1.29, 1.82) is 0 Å². The number of furan rings is 1. The largest absolute Gasteiger partial charge is 0.451 e. The first-order valence-electron chi connectivity index (χ1n) is 7.36. The average Bonchev–Trinajstić information content (AvgIpc) is 3.08. The number of nitro groups is 1. The monoisotopic (exact) mass is 356 g/mol. The predicted molar refractivity (Wildman–Crippen MR) is 94.9 cm³/mol. The van der Waals surface area contributed by atoms with Crippen LogP contribution in [0.5, 0.6) is 0 Å². The summed E-state index contributed by atoms with van der Waals surface area (Å²) in [6, 6.07) is 14.3. The first-order valence-corrected chi connectivity index (χ1v) is 7.74. The molecule has 1 aromatic heterocycles. The molecule has 0 saturated heterocycles. The highest BCUT2D eigenvalue weighted by Gasteiger charge is 2.14. The highest BCUT2D eigenvalue weighted by atomic mass is 35.5. The zero-order valence-electron chi connectivity index (χ0n) is 13.2. The zero-order valence-corrected chi connectivity index (χ0v) is 13.9. The number of nitrogens with zero attached hydrogens (tertiary/aromatic N) is 1. The molecular weight excluding hydrogens is 344 g/mol. The molecule has 0 bridgehead atoms. The molecule has 2 aromatic carbocycles. The highest BCUT2D eigenvalue weighted by Crippen LogP contribution is 2.26. The Hall–Kier alpha value is -3.12. The van der Waals surface area contributed by atoms with Crippen LogP contribution in [-0.4, -0.2) is 10.8 Å². The Balaban J connectivity index is 1.81. The number of benzene rings is 2. The van der Waals surface area contributed by atoms with E-state index in [-0.39, 0.29) is 11.4 Å². The first-order chi connectivity index (χ1) is 11.9. The topological polar surface area (TPSA) is 85.4 Å². The standard InChI is InChI=1S/C18H13ClN2O4/c1-11-5-6-13(10-15(11)19)20-18(22)17-8-7-16(25-17)12-3-2-4-14(9-12)21(23)24/h2-10H,1H3,(H,20,22). The molecule has 0 unspecified atom stereocenters. The van der Waals surface area contributed by atoms with Gasteiger partial charge < -0.3 is 9.73 Å². The summed E-state index contributed by atoms with van der Waals surface area (Å²) in [6.45, 7) is 1.87. The van der Waals surface area contributed by atoms with E-state index >= 15 is 0 Å². The molecule has 0 radical (unpaired) electrons. The van der Waals surface area contributed by atoms with Gasteiger partial charge in [0.15, 0.2) is 5.76 Å². The second-order valence-electron chi connectivity index (χ2n) is 5.39. The van der Waals surface area contributed by atoms with Crippen LogP contribution in [0.3, 0.4) is 0 Å². The van der Waals surface area contributed by atoms with E-state index < -0.39 is 10.8 Å². The Kier molecular flexibility index (Phi) is 4.54. The maximum absolute atomic E-state index is 12.3. The molecule has 0 aliphatic carbocycles. The molecule has 0 atom stereocenters. The molecule has 1 N–H and O–H groups in total. The fourth-order valence-corrected chi connectivity index (χ4v) is 2.43. The number of amides is 1. The maximum atomic E-state index is 12.3. The van der Waals surface area contributed by atoms with Gasteiger partial charge in [0.05, 0.1) is 4.92 Å². The molecule has 0 saturated carbocycles. The molecule has 0 aliphatic rings. The van der Waals surface area contributed by atoms with Gasteiger partial charge in [0.2, 0.25) is 0 Å². The van der Waals surface area contributed by atoms with Crippen molar-refractivity contribution in [2.24, 2.45) is 0 Å². The van der Waals surface area contributed by atoms with E-state index in [4.69, 9.17) is 16.0 Å². The van der Waals surface area contributed by atoms with E-state index in [0.717, 1.165) is 5.56 Å². The van der Waals surface area contributed by atoms with E-state index in [1.807, 2.05) is 6.92 Å². The Labute approximate surface area is 148 Å². The quantitative estimate of drug-likeness (QED) is 0.522. The van der Waals surface area contributed by atoms with Gasteiger partial charge >= 0.3 is 0 Å². The molecule has 0 fully saturated rings. The number of hydrogen-bond acceptors (Lipinski definition) is 4. The number of nitrogens with one attached hydrogen (secondary N) is 1. The summed E-state index contributed by atoms with van der Waals surface area (Å²) in [5.41, 5.74) is 1.93. The third kappa shape index (κ3) is 3.70. The number of non-ortho nitro benzene ring substituents is 1. The van der Waals surface area contributed by atoms with Crippen molar-refractivity contribution in [2.75, 3.05) is 5.32 Å². The lowest BCUT2D eigenvalue weighted by Crippen LogP contribution is -2.10. The lowest BCUT2D eigenvalue weighted by Gasteiger charge is -2.05. The summed E-state index contributed by atoms with van der Waals surface area (Å²) >= 11 is 6.04. The van der Waals surface area contributed by atoms with Gasteiger partial charge in [-0.25, -0.2) is 0 Å². The van der Waals surface area contributed by atoms with Gasteiger partial charge in [-0.2, -0.15) is 0 Å². The van der Waals surface area contributed by atoms with Crippen LogP contribution in [0.4, 0.5) is 11.4 Å². The van der Waals surface area contributed by atoms with Crippen LogP contribution in [0.2, 0.25) is 5.02 Å². The van der Waals surface area contributed by atoms with E-state index in [0.29, 0.717) is 22.0 Å². The van der Waals surface area contributed by atoms with E-state index in [1.54, 1.807) is 36.4 Å². The molecule has 0 aliphatic heterocycles. The number of halogens is 1. The van der Waals surface area contributed by atoms with Crippen LogP contribution in [-0.2, 0) is 0 Å². The lowest BCUT2D eigenvalue weighted by molar-refractivity contribution is -0.384. The summed E-state index contributed by atoms with van der Waals surface area (Å²) in [5.74, 6) is 0.0330. The zero-order chi connectivity index (χ0) is 18.0. The van der Waals surface area contributed by atoms with Crippen LogP contribution in [0.25, 0.3) is 11.3 Å². The molecule has 1 heterocycles.